The van der Waals surface area contributed by atoms with Gasteiger partial charge >= 0.3 is 20.5 Å². The zero-order valence-electron chi connectivity index (χ0n) is 33.3. The van der Waals surface area contributed by atoms with Gasteiger partial charge in [-0.3, -0.25) is 9.59 Å². The third-order valence-electron chi connectivity index (χ3n) is 10.5. The van der Waals surface area contributed by atoms with Gasteiger partial charge in [0.25, 0.3) is 0 Å². The number of esters is 2. The molecule has 0 N–H and O–H groups in total. The summed E-state index contributed by atoms with van der Waals surface area (Å²) < 4.78 is 22.6. The van der Waals surface area contributed by atoms with Gasteiger partial charge in [-0.1, -0.05) is 37.3 Å². The van der Waals surface area contributed by atoms with E-state index in [-0.39, 0.29) is 24.1 Å². The van der Waals surface area contributed by atoms with Crippen LogP contribution in [-0.4, -0.2) is 145 Å². The quantitative estimate of drug-likeness (QED) is 0.0416. The predicted molar refractivity (Wildman–Crippen MR) is 211 cm³/mol. The van der Waals surface area contributed by atoms with Crippen molar-refractivity contribution in [2.45, 2.75) is 110 Å². The molecule has 3 atom stereocenters. The molecule has 2 aliphatic heterocycles. The third kappa shape index (κ3) is 20.8. The molecule has 11 heteroatoms. The Morgan fingerprint density at radius 3 is 1.63 bits per heavy atom. The van der Waals surface area contributed by atoms with Crippen molar-refractivity contribution in [2.75, 3.05) is 92.8 Å². The lowest BCUT2D eigenvalue weighted by atomic mass is 9.96. The Bertz CT molecular complexity index is 1010. The maximum atomic E-state index is 12.4. The molecule has 2 fully saturated rings. The Hall–Kier alpha value is -1.86. The second kappa shape index (κ2) is 26.8. The first kappa shape index (κ1) is 45.3. The largest absolute Gasteiger partial charge is 0.463 e. The van der Waals surface area contributed by atoms with Crippen molar-refractivity contribution in [1.29, 1.82) is 0 Å². The molecule has 2 aliphatic rings. The van der Waals surface area contributed by atoms with E-state index < -0.39 is 8.56 Å². The molecule has 0 aromatic heterocycles. The van der Waals surface area contributed by atoms with Crippen LogP contribution in [0.5, 0.6) is 0 Å². The van der Waals surface area contributed by atoms with Gasteiger partial charge in [0, 0.05) is 79.7 Å². The molecule has 2 heterocycles. The van der Waals surface area contributed by atoms with Crippen LogP contribution in [0.3, 0.4) is 0 Å². The molecule has 0 saturated carbocycles. The fourth-order valence-corrected chi connectivity index (χ4v) is 8.09. The number of likely N-dealkylation sites (N-methyl/N-ethyl adjacent to an activating group) is 1. The summed E-state index contributed by atoms with van der Waals surface area (Å²) in [4.78, 5) is 34.5. The highest BCUT2D eigenvalue weighted by Crippen LogP contribution is 2.18. The zero-order chi connectivity index (χ0) is 37.3. The average molecular weight is 735 g/mol. The number of allylic oxidation sites excluding steroid dienone is 5. The van der Waals surface area contributed by atoms with Gasteiger partial charge in [0.05, 0.1) is 25.0 Å². The summed E-state index contributed by atoms with van der Waals surface area (Å²) >= 11 is 0. The van der Waals surface area contributed by atoms with Crippen LogP contribution >= 0.6 is 0 Å². The summed E-state index contributed by atoms with van der Waals surface area (Å²) in [5.74, 6) is 0.150. The molecular formula is C40H74N4O6Si. The van der Waals surface area contributed by atoms with E-state index in [0.29, 0.717) is 18.8 Å². The Kier molecular flexibility index (Phi) is 23.8. The maximum absolute atomic E-state index is 12.4. The van der Waals surface area contributed by atoms with Crippen LogP contribution in [-0.2, 0) is 27.9 Å². The maximum Gasteiger partial charge on any atom is 0.334 e. The van der Waals surface area contributed by atoms with Gasteiger partial charge in [-0.15, -0.1) is 6.58 Å². The van der Waals surface area contributed by atoms with Gasteiger partial charge in [-0.05, 0) is 96.8 Å². The van der Waals surface area contributed by atoms with Crippen LogP contribution in [0.1, 0.15) is 85.0 Å². The van der Waals surface area contributed by atoms with Crippen LogP contribution in [0.25, 0.3) is 0 Å². The van der Waals surface area contributed by atoms with Crippen LogP contribution in [0.2, 0.25) is 12.6 Å². The molecule has 3 unspecified atom stereocenters. The predicted octanol–water partition coefficient (Wildman–Crippen LogP) is 6.29. The molecule has 0 bridgehead atoms. The number of hydrogen-bond donors (Lipinski definition) is 0. The molecule has 0 aliphatic carbocycles. The molecule has 2 rings (SSSR count). The highest BCUT2D eigenvalue weighted by molar-refractivity contribution is 6.65. The van der Waals surface area contributed by atoms with Crippen molar-refractivity contribution in [1.82, 2.24) is 19.6 Å². The molecule has 0 spiro atoms. The van der Waals surface area contributed by atoms with Crippen molar-refractivity contribution in [2.24, 2.45) is 5.92 Å². The minimum atomic E-state index is -1.98. The normalized spacial score (nSPS) is 19.0. The Labute approximate surface area is 312 Å². The Morgan fingerprint density at radius 2 is 1.14 bits per heavy atom. The van der Waals surface area contributed by atoms with Crippen LogP contribution in [0.15, 0.2) is 37.0 Å². The third-order valence-corrected chi connectivity index (χ3v) is 13.5. The van der Waals surface area contributed by atoms with Crippen LogP contribution in [0, 0.1) is 5.92 Å². The smallest absolute Gasteiger partial charge is 0.334 e. The molecule has 51 heavy (non-hydrogen) atoms. The van der Waals surface area contributed by atoms with Gasteiger partial charge in [-0.2, -0.15) is 0 Å². The second-order valence-corrected chi connectivity index (χ2v) is 18.2. The van der Waals surface area contributed by atoms with E-state index in [9.17, 15) is 9.59 Å². The summed E-state index contributed by atoms with van der Waals surface area (Å²) in [6.07, 6.45) is 19.4. The highest BCUT2D eigenvalue weighted by Gasteiger charge is 2.28. The zero-order valence-corrected chi connectivity index (χ0v) is 34.3. The molecular weight excluding hydrogens is 661 g/mol. The van der Waals surface area contributed by atoms with Gasteiger partial charge in [0.2, 0.25) is 0 Å². The molecule has 0 aromatic carbocycles. The Balaban J connectivity index is 1.45. The topological polar surface area (TPSA) is 84.0 Å². The number of carbonyl (C=O) groups is 2. The minimum absolute atomic E-state index is 0.0665. The number of unbranched alkanes of at least 4 members (excludes halogenated alkanes) is 1. The van der Waals surface area contributed by atoms with E-state index >= 15 is 0 Å². The number of nitrogens with zero attached hydrogens (tertiary/aromatic N) is 4. The van der Waals surface area contributed by atoms with Gasteiger partial charge < -0.3 is 37.9 Å². The van der Waals surface area contributed by atoms with Crippen LogP contribution < -0.4 is 0 Å². The summed E-state index contributed by atoms with van der Waals surface area (Å²) in [7, 11) is 1.53. The monoisotopic (exact) mass is 735 g/mol. The number of rotatable bonds is 27. The summed E-state index contributed by atoms with van der Waals surface area (Å²) in [5.41, 5.74) is 0. The van der Waals surface area contributed by atoms with Gasteiger partial charge in [0.1, 0.15) is 0 Å². The minimum Gasteiger partial charge on any atom is -0.463 e. The molecule has 0 radical (unpaired) electrons. The van der Waals surface area contributed by atoms with E-state index in [1.54, 1.807) is 14.2 Å². The van der Waals surface area contributed by atoms with Crippen LogP contribution in [0.4, 0.5) is 0 Å². The SMILES string of the molecule is C=CC(CC/C=C\CC/C=C/CCC(C)OC(=O)CCN1CCN(CCC[Si](C)(OC)OC)CC1)CC(C)OC(=O)CCN1CCN(CC)CC1. The summed E-state index contributed by atoms with van der Waals surface area (Å²) in [6, 6.07) is 1.01. The molecule has 2 saturated heterocycles. The van der Waals surface area contributed by atoms with Gasteiger partial charge in [0.15, 0.2) is 0 Å². The number of hydrogen-bond acceptors (Lipinski definition) is 10. The highest BCUT2D eigenvalue weighted by atomic mass is 28.4. The molecule has 0 aromatic rings. The number of carbonyl (C=O) groups excluding carboxylic acids is 2. The van der Waals surface area contributed by atoms with Crippen molar-refractivity contribution < 1.29 is 27.9 Å². The lowest BCUT2D eigenvalue weighted by molar-refractivity contribution is -0.150. The van der Waals surface area contributed by atoms with Gasteiger partial charge in [-0.25, -0.2) is 0 Å². The van der Waals surface area contributed by atoms with E-state index in [4.69, 9.17) is 18.3 Å². The summed E-state index contributed by atoms with van der Waals surface area (Å²) in [6.45, 7) is 24.4. The average Bonchev–Trinajstić information content (AvgIpc) is 3.13. The van der Waals surface area contributed by atoms with E-state index in [1.807, 2.05) is 19.9 Å². The lowest BCUT2D eigenvalue weighted by Gasteiger charge is -2.35. The first-order valence-corrected chi connectivity index (χ1v) is 22.4. The first-order chi connectivity index (χ1) is 24.6. The molecule has 294 valence electrons. The fourth-order valence-electron chi connectivity index (χ4n) is 6.71. The number of ether oxygens (including phenoxy) is 2. The van der Waals surface area contributed by atoms with Crippen molar-refractivity contribution in [3.8, 4) is 0 Å². The first-order valence-electron chi connectivity index (χ1n) is 19.9. The molecule has 10 nitrogen and oxygen atoms in total. The second-order valence-electron chi connectivity index (χ2n) is 14.6. The van der Waals surface area contributed by atoms with E-state index in [2.05, 4.69) is 64.0 Å². The van der Waals surface area contributed by atoms with E-state index in [0.717, 1.165) is 136 Å². The molecule has 0 amide bonds. The van der Waals surface area contributed by atoms with Crippen molar-refractivity contribution in [3.05, 3.63) is 37.0 Å². The summed E-state index contributed by atoms with van der Waals surface area (Å²) in [5, 5.41) is 0. The number of piperazine rings is 2. The Morgan fingerprint density at radius 1 is 0.686 bits per heavy atom. The van der Waals surface area contributed by atoms with Crippen molar-refractivity contribution >= 4 is 20.5 Å². The van der Waals surface area contributed by atoms with E-state index in [1.165, 1.54) is 0 Å². The van der Waals surface area contributed by atoms with Crippen molar-refractivity contribution in [3.63, 3.8) is 0 Å². The lowest BCUT2D eigenvalue weighted by Crippen LogP contribution is -2.47. The standard InChI is InChI=1S/C40H74N4O6Si/c1-8-38(35-37(4)50-40(46)22-25-43-28-26-41(9-2)27-29-43)20-17-15-13-11-10-12-14-16-19-36(3)49-39(45)21-24-44-32-30-42(31-33-44)23-18-34-51(7,47-5)48-6/h8,12-15,36-38H,1,9-11,16-35H2,2-7H3/b14-12+,15-13-. The fraction of sp³-hybridized carbons (Fsp3) is 0.800.